The van der Waals surface area contributed by atoms with E-state index in [9.17, 15) is 13.2 Å². The molecule has 1 aromatic rings. The normalized spacial score (nSPS) is 27.1. The number of hydrogen-bond acceptors (Lipinski definition) is 3. The summed E-state index contributed by atoms with van der Waals surface area (Å²) in [6, 6.07) is 1.64. The number of nitrogens with one attached hydrogen (secondary N) is 1. The summed E-state index contributed by atoms with van der Waals surface area (Å²) in [4.78, 5) is 1.56. The molecule has 1 fully saturated rings. The van der Waals surface area contributed by atoms with Crippen LogP contribution in [0.25, 0.3) is 0 Å². The van der Waals surface area contributed by atoms with E-state index < -0.39 is 11.7 Å². The number of H-pyrrole nitrogens is 1. The van der Waals surface area contributed by atoms with Crippen LogP contribution in [0.2, 0.25) is 0 Å². The average molecular weight is 234 g/mol. The highest BCUT2D eigenvalue weighted by molar-refractivity contribution is 5.38. The molecule has 1 unspecified atom stereocenters. The second kappa shape index (κ2) is 3.65. The predicted molar refractivity (Wildman–Crippen MR) is 53.0 cm³/mol. The molecule has 2 heterocycles. The minimum absolute atomic E-state index is 0.0303. The number of piperidine rings is 1. The lowest BCUT2D eigenvalue weighted by Gasteiger charge is -2.41. The number of alkyl halides is 3. The first-order valence-corrected chi connectivity index (χ1v) is 5.03. The van der Waals surface area contributed by atoms with Crippen LogP contribution in [0.3, 0.4) is 0 Å². The zero-order valence-electron chi connectivity index (χ0n) is 8.59. The van der Waals surface area contributed by atoms with Gasteiger partial charge in [0.15, 0.2) is 0 Å². The Labute approximate surface area is 90.6 Å². The van der Waals surface area contributed by atoms with Crippen LogP contribution in [-0.4, -0.2) is 35.0 Å². The molecule has 0 saturated carbocycles. The molecule has 90 valence electrons. The first kappa shape index (κ1) is 11.3. The van der Waals surface area contributed by atoms with Gasteiger partial charge in [-0.1, -0.05) is 0 Å². The van der Waals surface area contributed by atoms with E-state index in [-0.39, 0.29) is 13.0 Å². The summed E-state index contributed by atoms with van der Waals surface area (Å²) in [5.41, 5.74) is 3.31. The summed E-state index contributed by atoms with van der Waals surface area (Å²) in [6.45, 7) is 0.321. The second-order valence-corrected chi connectivity index (χ2v) is 4.11. The van der Waals surface area contributed by atoms with Crippen molar-refractivity contribution in [3.8, 4) is 0 Å². The number of hydrogen-bond donors (Lipinski definition) is 2. The fourth-order valence-corrected chi connectivity index (χ4v) is 1.94. The Hall–Kier alpha value is -1.24. The highest BCUT2D eigenvalue weighted by Crippen LogP contribution is 2.36. The SMILES string of the molecule is NC1(C(F)(F)F)CCCN(c2cc[nH]n2)C1. The van der Waals surface area contributed by atoms with Crippen molar-refractivity contribution in [1.82, 2.24) is 10.2 Å². The van der Waals surface area contributed by atoms with Gasteiger partial charge in [0.2, 0.25) is 0 Å². The lowest BCUT2D eigenvalue weighted by Crippen LogP contribution is -2.63. The summed E-state index contributed by atoms with van der Waals surface area (Å²) < 4.78 is 38.3. The number of nitrogens with zero attached hydrogens (tertiary/aromatic N) is 2. The maximum atomic E-state index is 12.8. The van der Waals surface area contributed by atoms with Crippen molar-refractivity contribution in [2.24, 2.45) is 5.73 Å². The largest absolute Gasteiger partial charge is 0.408 e. The van der Waals surface area contributed by atoms with Crippen molar-refractivity contribution < 1.29 is 13.2 Å². The molecule has 7 heteroatoms. The van der Waals surface area contributed by atoms with Gasteiger partial charge in [-0.05, 0) is 12.8 Å². The third-order valence-electron chi connectivity index (χ3n) is 2.90. The van der Waals surface area contributed by atoms with Gasteiger partial charge in [0, 0.05) is 25.4 Å². The molecule has 0 aliphatic carbocycles. The topological polar surface area (TPSA) is 57.9 Å². The number of aromatic amines is 1. The van der Waals surface area contributed by atoms with Crippen molar-refractivity contribution in [1.29, 1.82) is 0 Å². The Kier molecular flexibility index (Phi) is 2.57. The van der Waals surface area contributed by atoms with Crippen molar-refractivity contribution in [2.75, 3.05) is 18.0 Å². The van der Waals surface area contributed by atoms with Gasteiger partial charge >= 0.3 is 6.18 Å². The molecule has 1 aliphatic heterocycles. The molecule has 0 radical (unpaired) electrons. The molecule has 4 nitrogen and oxygen atoms in total. The Morgan fingerprint density at radius 3 is 2.81 bits per heavy atom. The number of nitrogens with two attached hydrogens (primary N) is 1. The van der Waals surface area contributed by atoms with Crippen molar-refractivity contribution in [3.05, 3.63) is 12.3 Å². The van der Waals surface area contributed by atoms with Crippen LogP contribution < -0.4 is 10.6 Å². The lowest BCUT2D eigenvalue weighted by atomic mass is 9.89. The fraction of sp³-hybridized carbons (Fsp3) is 0.667. The Bertz CT molecular complexity index is 348. The second-order valence-electron chi connectivity index (χ2n) is 4.11. The monoisotopic (exact) mass is 234 g/mol. The molecule has 1 atom stereocenters. The molecule has 1 saturated heterocycles. The van der Waals surface area contributed by atoms with Crippen LogP contribution >= 0.6 is 0 Å². The molecule has 0 bridgehead atoms. The molecule has 2 rings (SSSR count). The summed E-state index contributed by atoms with van der Waals surface area (Å²) in [5, 5.41) is 6.44. The molecule has 0 amide bonds. The minimum Gasteiger partial charge on any atom is -0.353 e. The summed E-state index contributed by atoms with van der Waals surface area (Å²) >= 11 is 0. The summed E-state index contributed by atoms with van der Waals surface area (Å²) in [5.74, 6) is 0.513. The summed E-state index contributed by atoms with van der Waals surface area (Å²) in [6.07, 6.45) is -2.40. The number of anilines is 1. The van der Waals surface area contributed by atoms with E-state index in [4.69, 9.17) is 5.73 Å². The minimum atomic E-state index is -4.37. The predicted octanol–water partition coefficient (Wildman–Crippen LogP) is 1.27. The maximum absolute atomic E-state index is 12.8. The number of aromatic nitrogens is 2. The van der Waals surface area contributed by atoms with Crippen LogP contribution in [0.1, 0.15) is 12.8 Å². The highest BCUT2D eigenvalue weighted by Gasteiger charge is 2.53. The van der Waals surface area contributed by atoms with Crippen molar-refractivity contribution >= 4 is 5.82 Å². The van der Waals surface area contributed by atoms with E-state index in [1.807, 2.05) is 0 Å². The van der Waals surface area contributed by atoms with Gasteiger partial charge in [-0.25, -0.2) is 0 Å². The smallest absolute Gasteiger partial charge is 0.353 e. The van der Waals surface area contributed by atoms with Crippen molar-refractivity contribution in [3.63, 3.8) is 0 Å². The Morgan fingerprint density at radius 2 is 2.25 bits per heavy atom. The van der Waals surface area contributed by atoms with Crippen LogP contribution in [0.15, 0.2) is 12.3 Å². The fourth-order valence-electron chi connectivity index (χ4n) is 1.94. The van der Waals surface area contributed by atoms with Crippen molar-refractivity contribution in [2.45, 2.75) is 24.6 Å². The third kappa shape index (κ3) is 1.87. The zero-order chi connectivity index (χ0) is 11.8. The average Bonchev–Trinajstić information content (AvgIpc) is 2.68. The van der Waals surface area contributed by atoms with E-state index in [2.05, 4.69) is 10.2 Å². The van der Waals surface area contributed by atoms with E-state index in [0.29, 0.717) is 18.8 Å². The van der Waals surface area contributed by atoms with E-state index in [1.54, 1.807) is 17.2 Å². The molecule has 3 N–H and O–H groups in total. The van der Waals surface area contributed by atoms with Gasteiger partial charge in [-0.2, -0.15) is 18.3 Å². The molecule has 16 heavy (non-hydrogen) atoms. The summed E-state index contributed by atoms with van der Waals surface area (Å²) in [7, 11) is 0. The quantitative estimate of drug-likeness (QED) is 0.769. The lowest BCUT2D eigenvalue weighted by molar-refractivity contribution is -0.187. The maximum Gasteiger partial charge on any atom is 0.408 e. The van der Waals surface area contributed by atoms with Gasteiger partial charge in [-0.3, -0.25) is 5.10 Å². The molecule has 1 aromatic heterocycles. The Balaban J connectivity index is 2.16. The standard InChI is InChI=1S/C9H13F3N4/c10-9(11,12)8(13)3-1-5-16(6-8)7-2-4-14-15-7/h2,4H,1,3,5-6,13H2,(H,14,15). The van der Waals surface area contributed by atoms with Gasteiger partial charge < -0.3 is 10.6 Å². The van der Waals surface area contributed by atoms with Gasteiger partial charge in [-0.15, -0.1) is 0 Å². The van der Waals surface area contributed by atoms with E-state index in [0.717, 1.165) is 0 Å². The van der Waals surface area contributed by atoms with E-state index in [1.165, 1.54) is 0 Å². The number of rotatable bonds is 1. The van der Waals surface area contributed by atoms with Gasteiger partial charge in [0.05, 0.1) is 0 Å². The van der Waals surface area contributed by atoms with Gasteiger partial charge in [0.25, 0.3) is 0 Å². The molecule has 0 aromatic carbocycles. The first-order valence-electron chi connectivity index (χ1n) is 5.03. The highest BCUT2D eigenvalue weighted by atomic mass is 19.4. The number of halogens is 3. The molecule has 1 aliphatic rings. The van der Waals surface area contributed by atoms with Crippen LogP contribution in [0.4, 0.5) is 19.0 Å². The first-order chi connectivity index (χ1) is 7.42. The van der Waals surface area contributed by atoms with Gasteiger partial charge in [0.1, 0.15) is 11.4 Å². The third-order valence-corrected chi connectivity index (χ3v) is 2.90. The zero-order valence-corrected chi connectivity index (χ0v) is 8.59. The molecular formula is C9H13F3N4. The van der Waals surface area contributed by atoms with Crippen LogP contribution in [-0.2, 0) is 0 Å². The van der Waals surface area contributed by atoms with E-state index >= 15 is 0 Å². The van der Waals surface area contributed by atoms with Crippen LogP contribution in [0.5, 0.6) is 0 Å². The van der Waals surface area contributed by atoms with Crippen LogP contribution in [0, 0.1) is 0 Å². The molecule has 0 spiro atoms. The Morgan fingerprint density at radius 1 is 1.50 bits per heavy atom. The molecular weight excluding hydrogens is 221 g/mol.